The molecule has 1 amide bonds. The fraction of sp³-hybridized carbons (Fsp3) is 0.154. The quantitative estimate of drug-likeness (QED) is 0.152. The van der Waals surface area contributed by atoms with E-state index in [2.05, 4.69) is 20.7 Å². The number of para-hydroxylation sites is 1. The van der Waals surface area contributed by atoms with Crippen LogP contribution in [0.4, 0.5) is 0 Å². The van der Waals surface area contributed by atoms with Gasteiger partial charge in [-0.1, -0.05) is 59.2 Å². The highest BCUT2D eigenvalue weighted by molar-refractivity contribution is 7.99. The van der Waals surface area contributed by atoms with Crippen LogP contribution in [0.2, 0.25) is 10.0 Å². The molecule has 0 saturated heterocycles. The third-order valence-electron chi connectivity index (χ3n) is 5.29. The number of hydrogen-bond acceptors (Lipinski definition) is 8. The molecule has 0 aliphatic rings. The van der Waals surface area contributed by atoms with Crippen LogP contribution in [0.15, 0.2) is 70.9 Å². The van der Waals surface area contributed by atoms with Crippen LogP contribution < -0.4 is 19.6 Å². The maximum atomic E-state index is 12.5. The monoisotopic (exact) mass is 571 g/mol. The van der Waals surface area contributed by atoms with E-state index in [0.717, 1.165) is 5.69 Å². The Morgan fingerprint density at radius 2 is 1.63 bits per heavy atom. The number of ether oxygens (including phenoxy) is 3. The molecule has 0 aliphatic carbocycles. The third-order valence-corrected chi connectivity index (χ3v) is 6.87. The van der Waals surface area contributed by atoms with Gasteiger partial charge in [0, 0.05) is 16.8 Å². The second-order valence-corrected chi connectivity index (χ2v) is 9.37. The van der Waals surface area contributed by atoms with Crippen molar-refractivity contribution in [3.63, 3.8) is 0 Å². The van der Waals surface area contributed by atoms with Gasteiger partial charge in [-0.25, -0.2) is 5.43 Å². The van der Waals surface area contributed by atoms with Gasteiger partial charge in [0.2, 0.25) is 5.75 Å². The van der Waals surface area contributed by atoms with E-state index in [1.807, 2.05) is 34.9 Å². The number of carbonyl (C=O) groups is 1. The van der Waals surface area contributed by atoms with E-state index in [-0.39, 0.29) is 11.7 Å². The maximum Gasteiger partial charge on any atom is 0.250 e. The minimum absolute atomic E-state index is 0.0355. The first kappa shape index (κ1) is 27.3. The van der Waals surface area contributed by atoms with Gasteiger partial charge in [-0.2, -0.15) is 5.10 Å². The molecular formula is C26H23Cl2N5O4S. The van der Waals surface area contributed by atoms with Crippen LogP contribution in [0.25, 0.3) is 17.1 Å². The molecule has 1 N–H and O–H groups in total. The summed E-state index contributed by atoms with van der Waals surface area (Å²) in [5.74, 6) is 1.66. The summed E-state index contributed by atoms with van der Waals surface area (Å²) in [6.07, 6.45) is 1.41. The summed E-state index contributed by atoms with van der Waals surface area (Å²) in [5.41, 5.74) is 4.50. The zero-order chi connectivity index (χ0) is 27.1. The molecular weight excluding hydrogens is 549 g/mol. The molecule has 0 saturated carbocycles. The Morgan fingerprint density at radius 1 is 0.974 bits per heavy atom. The Kier molecular flexibility index (Phi) is 9.11. The number of benzene rings is 3. The fourth-order valence-corrected chi connectivity index (χ4v) is 4.77. The van der Waals surface area contributed by atoms with Crippen molar-refractivity contribution in [1.82, 2.24) is 20.2 Å². The summed E-state index contributed by atoms with van der Waals surface area (Å²) in [4.78, 5) is 12.5. The summed E-state index contributed by atoms with van der Waals surface area (Å²) in [6, 6.07) is 18.3. The van der Waals surface area contributed by atoms with E-state index >= 15 is 0 Å². The Morgan fingerprint density at radius 3 is 2.24 bits per heavy atom. The minimum Gasteiger partial charge on any atom is -0.493 e. The Balaban J connectivity index is 1.60. The van der Waals surface area contributed by atoms with Crippen LogP contribution >= 0.6 is 35.0 Å². The lowest BCUT2D eigenvalue weighted by molar-refractivity contribution is -0.118. The SMILES string of the molecule is COc1cc(-c2nnc(SCC(=O)NN=Cc3c(Cl)cccc3Cl)n2-c2ccccc2)cc(OC)c1OC. The summed E-state index contributed by atoms with van der Waals surface area (Å²) in [6.45, 7) is 0. The van der Waals surface area contributed by atoms with Crippen LogP contribution in [-0.4, -0.2) is 54.0 Å². The zero-order valence-corrected chi connectivity index (χ0v) is 23.0. The van der Waals surface area contributed by atoms with E-state index in [4.69, 9.17) is 37.4 Å². The molecule has 3 aromatic carbocycles. The Hall–Kier alpha value is -3.73. The molecule has 0 radical (unpaired) electrons. The van der Waals surface area contributed by atoms with E-state index in [0.29, 0.717) is 49.4 Å². The topological polar surface area (TPSA) is 99.9 Å². The van der Waals surface area contributed by atoms with Crippen molar-refractivity contribution in [3.05, 3.63) is 76.3 Å². The number of amides is 1. The van der Waals surface area contributed by atoms with Crippen molar-refractivity contribution in [3.8, 4) is 34.3 Å². The fourth-order valence-electron chi connectivity index (χ4n) is 3.54. The molecule has 12 heteroatoms. The van der Waals surface area contributed by atoms with Crippen molar-refractivity contribution in [2.75, 3.05) is 27.1 Å². The van der Waals surface area contributed by atoms with Crippen molar-refractivity contribution < 1.29 is 19.0 Å². The number of nitrogens with one attached hydrogen (secondary N) is 1. The summed E-state index contributed by atoms with van der Waals surface area (Å²) in [5, 5.41) is 14.1. The highest BCUT2D eigenvalue weighted by atomic mass is 35.5. The van der Waals surface area contributed by atoms with Gasteiger partial charge in [0.15, 0.2) is 22.5 Å². The molecule has 0 atom stereocenters. The van der Waals surface area contributed by atoms with Crippen LogP contribution in [0.5, 0.6) is 17.2 Å². The molecule has 1 aromatic heterocycles. The van der Waals surface area contributed by atoms with Gasteiger partial charge >= 0.3 is 0 Å². The zero-order valence-electron chi connectivity index (χ0n) is 20.6. The molecule has 9 nitrogen and oxygen atoms in total. The molecule has 196 valence electrons. The molecule has 0 unspecified atom stereocenters. The average Bonchev–Trinajstić information content (AvgIpc) is 3.37. The first-order chi connectivity index (χ1) is 18.5. The van der Waals surface area contributed by atoms with E-state index < -0.39 is 0 Å². The number of nitrogens with zero attached hydrogens (tertiary/aromatic N) is 4. The summed E-state index contributed by atoms with van der Waals surface area (Å²) in [7, 11) is 4.63. The number of hydrazone groups is 1. The second kappa shape index (κ2) is 12.7. The molecule has 4 rings (SSSR count). The van der Waals surface area contributed by atoms with E-state index in [1.54, 1.807) is 51.7 Å². The lowest BCUT2D eigenvalue weighted by Gasteiger charge is -2.15. The minimum atomic E-state index is -0.341. The predicted octanol–water partition coefficient (Wildman–Crippen LogP) is 5.51. The van der Waals surface area contributed by atoms with Gasteiger partial charge in [-0.05, 0) is 36.4 Å². The third kappa shape index (κ3) is 6.04. The van der Waals surface area contributed by atoms with Gasteiger partial charge < -0.3 is 14.2 Å². The molecule has 0 spiro atoms. The Labute approximate surface area is 233 Å². The summed E-state index contributed by atoms with van der Waals surface area (Å²) < 4.78 is 18.3. The smallest absolute Gasteiger partial charge is 0.250 e. The van der Waals surface area contributed by atoms with Crippen LogP contribution in [-0.2, 0) is 4.79 Å². The highest BCUT2D eigenvalue weighted by Crippen LogP contribution is 2.41. The molecule has 4 aromatic rings. The first-order valence-electron chi connectivity index (χ1n) is 11.2. The van der Waals surface area contributed by atoms with Gasteiger partial charge in [0.1, 0.15) is 0 Å². The van der Waals surface area contributed by atoms with Gasteiger partial charge in [-0.3, -0.25) is 9.36 Å². The van der Waals surface area contributed by atoms with Crippen molar-refractivity contribution in [2.24, 2.45) is 5.10 Å². The van der Waals surface area contributed by atoms with Crippen LogP contribution in [0.3, 0.4) is 0 Å². The number of thioether (sulfide) groups is 1. The second-order valence-electron chi connectivity index (χ2n) is 7.61. The molecule has 0 aliphatic heterocycles. The predicted molar refractivity (Wildman–Crippen MR) is 149 cm³/mol. The largest absolute Gasteiger partial charge is 0.493 e. The first-order valence-corrected chi connectivity index (χ1v) is 12.9. The van der Waals surface area contributed by atoms with Crippen molar-refractivity contribution >= 4 is 47.1 Å². The maximum absolute atomic E-state index is 12.5. The molecule has 38 heavy (non-hydrogen) atoms. The van der Waals surface area contributed by atoms with Crippen molar-refractivity contribution in [1.29, 1.82) is 0 Å². The lowest BCUT2D eigenvalue weighted by atomic mass is 10.1. The van der Waals surface area contributed by atoms with Crippen molar-refractivity contribution in [2.45, 2.75) is 5.16 Å². The van der Waals surface area contributed by atoms with Gasteiger partial charge in [0.05, 0.1) is 43.3 Å². The lowest BCUT2D eigenvalue weighted by Crippen LogP contribution is -2.20. The van der Waals surface area contributed by atoms with E-state index in [9.17, 15) is 4.79 Å². The number of carbonyl (C=O) groups excluding carboxylic acids is 1. The normalized spacial score (nSPS) is 11.0. The van der Waals surface area contributed by atoms with E-state index in [1.165, 1.54) is 18.0 Å². The van der Waals surface area contributed by atoms with Gasteiger partial charge in [-0.15, -0.1) is 10.2 Å². The number of rotatable bonds is 10. The highest BCUT2D eigenvalue weighted by Gasteiger charge is 2.21. The number of aromatic nitrogens is 3. The molecule has 1 heterocycles. The summed E-state index contributed by atoms with van der Waals surface area (Å²) >= 11 is 13.5. The number of halogens is 2. The molecule has 0 bridgehead atoms. The number of methoxy groups -OCH3 is 3. The van der Waals surface area contributed by atoms with Crippen LogP contribution in [0.1, 0.15) is 5.56 Å². The standard InChI is InChI=1S/C26H23Cl2N5O4S/c1-35-21-12-16(13-22(36-2)24(21)37-3)25-31-32-26(33(25)17-8-5-4-6-9-17)38-15-23(34)30-29-14-18-19(27)10-7-11-20(18)28/h4-14H,15H2,1-3H3,(H,30,34). The van der Waals surface area contributed by atoms with Crippen LogP contribution in [0, 0.1) is 0 Å². The molecule has 0 fully saturated rings. The average molecular weight is 572 g/mol. The Bertz CT molecular complexity index is 1420. The number of hydrogen-bond donors (Lipinski definition) is 1. The van der Waals surface area contributed by atoms with Gasteiger partial charge in [0.25, 0.3) is 5.91 Å².